The Morgan fingerprint density at radius 3 is 2.62 bits per heavy atom. The number of aromatic nitrogens is 3. The summed E-state index contributed by atoms with van der Waals surface area (Å²) in [4.78, 5) is 0. The van der Waals surface area contributed by atoms with Crippen LogP contribution in [-0.2, 0) is 11.3 Å². The first-order chi connectivity index (χ1) is 12.7. The van der Waals surface area contributed by atoms with E-state index in [0.29, 0.717) is 29.8 Å². The van der Waals surface area contributed by atoms with Crippen LogP contribution in [0.1, 0.15) is 12.5 Å². The monoisotopic (exact) mass is 407 g/mol. The molecule has 0 fully saturated rings. The first-order valence-corrected chi connectivity index (χ1v) is 10.1. The lowest BCUT2D eigenvalue weighted by Crippen LogP contribution is -2.05. The molecule has 0 radical (unpaired) electrons. The van der Waals surface area contributed by atoms with Crippen molar-refractivity contribution in [1.29, 1.82) is 0 Å². The Balaban J connectivity index is 1.94. The second kappa shape index (κ2) is 9.42. The average molecular weight is 408 g/mol. The van der Waals surface area contributed by atoms with E-state index in [1.807, 2.05) is 37.3 Å². The SMILES string of the molecule is CCOCCSc1nnc(-c2ccc(Cl)cc2Cl)n1Cc1ccccc1. The molecule has 26 heavy (non-hydrogen) atoms. The van der Waals surface area contributed by atoms with Crippen molar-refractivity contribution in [3.63, 3.8) is 0 Å². The van der Waals surface area contributed by atoms with Crippen molar-refractivity contribution in [2.45, 2.75) is 18.6 Å². The van der Waals surface area contributed by atoms with Gasteiger partial charge in [0.1, 0.15) is 0 Å². The van der Waals surface area contributed by atoms with E-state index in [1.54, 1.807) is 17.8 Å². The van der Waals surface area contributed by atoms with E-state index in [4.69, 9.17) is 27.9 Å². The average Bonchev–Trinajstić information content (AvgIpc) is 3.02. The van der Waals surface area contributed by atoms with Crippen molar-refractivity contribution in [3.05, 3.63) is 64.1 Å². The lowest BCUT2D eigenvalue weighted by Gasteiger charge is -2.11. The van der Waals surface area contributed by atoms with Crippen LogP contribution < -0.4 is 0 Å². The van der Waals surface area contributed by atoms with Gasteiger partial charge in [-0.05, 0) is 30.7 Å². The molecular formula is C19H19Cl2N3OS. The Hall–Kier alpha value is -1.53. The van der Waals surface area contributed by atoms with Gasteiger partial charge in [0, 0.05) is 22.9 Å². The van der Waals surface area contributed by atoms with Crippen LogP contribution in [0.3, 0.4) is 0 Å². The molecule has 0 saturated carbocycles. The number of ether oxygens (including phenoxy) is 1. The molecule has 7 heteroatoms. The number of halogens is 2. The quantitative estimate of drug-likeness (QED) is 0.368. The summed E-state index contributed by atoms with van der Waals surface area (Å²) >= 11 is 14.1. The summed E-state index contributed by atoms with van der Waals surface area (Å²) < 4.78 is 7.51. The van der Waals surface area contributed by atoms with E-state index < -0.39 is 0 Å². The van der Waals surface area contributed by atoms with E-state index in [9.17, 15) is 0 Å². The van der Waals surface area contributed by atoms with Crippen molar-refractivity contribution in [1.82, 2.24) is 14.8 Å². The second-order valence-electron chi connectivity index (χ2n) is 5.55. The van der Waals surface area contributed by atoms with Gasteiger partial charge in [0.2, 0.25) is 0 Å². The number of nitrogens with zero attached hydrogens (tertiary/aromatic N) is 3. The van der Waals surface area contributed by atoms with Crippen LogP contribution in [0.15, 0.2) is 53.7 Å². The Morgan fingerprint density at radius 2 is 1.88 bits per heavy atom. The summed E-state index contributed by atoms with van der Waals surface area (Å²) in [6, 6.07) is 15.6. The van der Waals surface area contributed by atoms with Gasteiger partial charge >= 0.3 is 0 Å². The fraction of sp³-hybridized carbons (Fsp3) is 0.263. The molecule has 3 rings (SSSR count). The third-order valence-electron chi connectivity index (χ3n) is 3.74. The van der Waals surface area contributed by atoms with E-state index in [-0.39, 0.29) is 0 Å². The molecule has 0 aliphatic heterocycles. The Morgan fingerprint density at radius 1 is 1.08 bits per heavy atom. The Labute approximate surface area is 167 Å². The predicted molar refractivity (Wildman–Crippen MR) is 108 cm³/mol. The molecule has 0 bridgehead atoms. The summed E-state index contributed by atoms with van der Waals surface area (Å²) in [6.07, 6.45) is 0. The van der Waals surface area contributed by atoms with E-state index in [1.165, 1.54) is 5.56 Å². The number of benzene rings is 2. The first-order valence-electron chi connectivity index (χ1n) is 8.32. The maximum atomic E-state index is 6.40. The number of rotatable bonds is 8. The molecule has 1 heterocycles. The topological polar surface area (TPSA) is 39.9 Å². The first kappa shape index (κ1) is 19.2. The molecule has 1 aromatic heterocycles. The molecule has 0 saturated heterocycles. The zero-order valence-electron chi connectivity index (χ0n) is 14.4. The fourth-order valence-corrected chi connectivity index (χ4v) is 3.79. The lowest BCUT2D eigenvalue weighted by molar-refractivity contribution is 0.164. The third-order valence-corrected chi connectivity index (χ3v) is 5.21. The molecule has 0 amide bonds. The maximum Gasteiger partial charge on any atom is 0.191 e. The summed E-state index contributed by atoms with van der Waals surface area (Å²) in [5.41, 5.74) is 1.99. The van der Waals surface area contributed by atoms with Gasteiger partial charge in [-0.15, -0.1) is 10.2 Å². The minimum absolute atomic E-state index is 0.560. The molecule has 3 aromatic rings. The predicted octanol–water partition coefficient (Wildman–Crippen LogP) is 5.43. The number of thioether (sulfide) groups is 1. The zero-order chi connectivity index (χ0) is 18.4. The molecular weight excluding hydrogens is 389 g/mol. The lowest BCUT2D eigenvalue weighted by atomic mass is 10.2. The third kappa shape index (κ3) is 4.80. The number of hydrogen-bond donors (Lipinski definition) is 0. The molecule has 2 aromatic carbocycles. The van der Waals surface area contributed by atoms with Gasteiger partial charge in [0.05, 0.1) is 18.2 Å². The van der Waals surface area contributed by atoms with Crippen LogP contribution >= 0.6 is 35.0 Å². The van der Waals surface area contributed by atoms with Gasteiger partial charge in [0.25, 0.3) is 0 Å². The zero-order valence-corrected chi connectivity index (χ0v) is 16.7. The molecule has 4 nitrogen and oxygen atoms in total. The molecule has 136 valence electrons. The minimum atomic E-state index is 0.560. The molecule has 0 N–H and O–H groups in total. The van der Waals surface area contributed by atoms with Crippen LogP contribution in [0.5, 0.6) is 0 Å². The van der Waals surface area contributed by atoms with Crippen LogP contribution in [-0.4, -0.2) is 33.7 Å². The van der Waals surface area contributed by atoms with Gasteiger partial charge in [-0.3, -0.25) is 4.57 Å². The van der Waals surface area contributed by atoms with E-state index in [0.717, 1.165) is 22.3 Å². The van der Waals surface area contributed by atoms with Gasteiger partial charge in [-0.25, -0.2) is 0 Å². The second-order valence-corrected chi connectivity index (χ2v) is 7.45. The molecule has 0 atom stereocenters. The van der Waals surface area contributed by atoms with Gasteiger partial charge < -0.3 is 4.74 Å². The van der Waals surface area contributed by atoms with Crippen LogP contribution in [0.25, 0.3) is 11.4 Å². The maximum absolute atomic E-state index is 6.40. The Bertz CT molecular complexity index is 855. The highest BCUT2D eigenvalue weighted by Crippen LogP contribution is 2.32. The molecule has 0 aliphatic carbocycles. The fourth-order valence-electron chi connectivity index (χ4n) is 2.51. The molecule has 0 unspecified atom stereocenters. The summed E-state index contributed by atoms with van der Waals surface area (Å²) in [7, 11) is 0. The van der Waals surface area contributed by atoms with Crippen molar-refractivity contribution in [2.75, 3.05) is 19.0 Å². The highest BCUT2D eigenvalue weighted by molar-refractivity contribution is 7.99. The highest BCUT2D eigenvalue weighted by atomic mass is 35.5. The molecule has 0 aliphatic rings. The van der Waals surface area contributed by atoms with Crippen molar-refractivity contribution >= 4 is 35.0 Å². The van der Waals surface area contributed by atoms with Gasteiger partial charge in [0.15, 0.2) is 11.0 Å². The van der Waals surface area contributed by atoms with Crippen molar-refractivity contribution in [2.24, 2.45) is 0 Å². The van der Waals surface area contributed by atoms with Crippen molar-refractivity contribution < 1.29 is 4.74 Å². The van der Waals surface area contributed by atoms with Crippen LogP contribution in [0, 0.1) is 0 Å². The summed E-state index contributed by atoms with van der Waals surface area (Å²) in [5, 5.41) is 10.8. The van der Waals surface area contributed by atoms with E-state index in [2.05, 4.69) is 26.9 Å². The highest BCUT2D eigenvalue weighted by Gasteiger charge is 2.17. The standard InChI is InChI=1S/C19H19Cl2N3OS/c1-2-25-10-11-26-19-23-22-18(16-9-8-15(20)12-17(16)21)24(19)13-14-6-4-3-5-7-14/h3-9,12H,2,10-11,13H2,1H3. The smallest absolute Gasteiger partial charge is 0.191 e. The molecule has 0 spiro atoms. The minimum Gasteiger partial charge on any atom is -0.381 e. The van der Waals surface area contributed by atoms with Crippen LogP contribution in [0.2, 0.25) is 10.0 Å². The Kier molecular flexibility index (Phi) is 6.97. The van der Waals surface area contributed by atoms with Crippen LogP contribution in [0.4, 0.5) is 0 Å². The van der Waals surface area contributed by atoms with E-state index >= 15 is 0 Å². The largest absolute Gasteiger partial charge is 0.381 e. The van der Waals surface area contributed by atoms with Crippen molar-refractivity contribution in [3.8, 4) is 11.4 Å². The summed E-state index contributed by atoms with van der Waals surface area (Å²) in [6.45, 7) is 4.04. The number of hydrogen-bond acceptors (Lipinski definition) is 4. The van der Waals surface area contributed by atoms with Gasteiger partial charge in [-0.2, -0.15) is 0 Å². The normalized spacial score (nSPS) is 11.0. The summed E-state index contributed by atoms with van der Waals surface area (Å²) in [5.74, 6) is 1.55. The van der Waals surface area contributed by atoms with Gasteiger partial charge in [-0.1, -0.05) is 65.3 Å².